The summed E-state index contributed by atoms with van der Waals surface area (Å²) in [6.07, 6.45) is 2.35. The topological polar surface area (TPSA) is 84.9 Å². The number of nitrogens with zero attached hydrogens (tertiary/aromatic N) is 1. The molecule has 0 unspecified atom stereocenters. The summed E-state index contributed by atoms with van der Waals surface area (Å²) in [5.41, 5.74) is 2.00. The summed E-state index contributed by atoms with van der Waals surface area (Å²) in [5.74, 6) is 0.886. The Labute approximate surface area is 168 Å². The predicted molar refractivity (Wildman–Crippen MR) is 105 cm³/mol. The number of fused-ring (bicyclic) bond motifs is 2. The molecule has 2 aromatic rings. The van der Waals surface area contributed by atoms with Crippen molar-refractivity contribution in [2.75, 3.05) is 19.9 Å². The average molecular weight is 394 g/mol. The first-order valence-electron chi connectivity index (χ1n) is 9.74. The number of hydrogen-bond donors (Lipinski definition) is 1. The third-order valence-electron chi connectivity index (χ3n) is 5.07. The maximum atomic E-state index is 12.3. The maximum absolute atomic E-state index is 12.3. The van der Waals surface area contributed by atoms with Crippen LogP contribution < -0.4 is 14.8 Å². The minimum atomic E-state index is -0.283. The number of imide groups is 1. The number of ether oxygens (including phenoxy) is 2. The molecule has 0 atom stereocenters. The second-order valence-electron chi connectivity index (χ2n) is 7.05. The molecule has 0 saturated carbocycles. The van der Waals surface area contributed by atoms with Gasteiger partial charge in [-0.15, -0.1) is 0 Å². The molecule has 2 aliphatic heterocycles. The van der Waals surface area contributed by atoms with E-state index in [0.29, 0.717) is 24.1 Å². The van der Waals surface area contributed by atoms with Crippen molar-refractivity contribution in [3.05, 3.63) is 59.2 Å². The molecule has 150 valence electrons. The lowest BCUT2D eigenvalue weighted by molar-refractivity contribution is -0.121. The van der Waals surface area contributed by atoms with Crippen molar-refractivity contribution in [3.8, 4) is 11.5 Å². The molecule has 2 heterocycles. The van der Waals surface area contributed by atoms with Crippen LogP contribution in [-0.4, -0.2) is 42.5 Å². The first-order chi connectivity index (χ1) is 14.1. The van der Waals surface area contributed by atoms with Gasteiger partial charge in [-0.2, -0.15) is 0 Å². The quantitative estimate of drug-likeness (QED) is 0.549. The van der Waals surface area contributed by atoms with Crippen molar-refractivity contribution < 1.29 is 23.9 Å². The molecule has 0 aliphatic carbocycles. The van der Waals surface area contributed by atoms with Gasteiger partial charge in [0.2, 0.25) is 12.7 Å². The van der Waals surface area contributed by atoms with Crippen molar-refractivity contribution in [1.29, 1.82) is 0 Å². The summed E-state index contributed by atoms with van der Waals surface area (Å²) in [4.78, 5) is 37.8. The van der Waals surface area contributed by atoms with Crippen molar-refractivity contribution >= 4 is 17.7 Å². The molecule has 29 heavy (non-hydrogen) atoms. The van der Waals surface area contributed by atoms with Crippen LogP contribution >= 0.6 is 0 Å². The van der Waals surface area contributed by atoms with E-state index < -0.39 is 0 Å². The molecule has 0 radical (unpaired) electrons. The second-order valence-corrected chi connectivity index (χ2v) is 7.05. The van der Waals surface area contributed by atoms with Crippen LogP contribution in [0.5, 0.6) is 11.5 Å². The lowest BCUT2D eigenvalue weighted by Gasteiger charge is -2.13. The van der Waals surface area contributed by atoms with Gasteiger partial charge >= 0.3 is 0 Å². The summed E-state index contributed by atoms with van der Waals surface area (Å²) in [5, 5.41) is 2.89. The van der Waals surface area contributed by atoms with Gasteiger partial charge in [-0.3, -0.25) is 19.3 Å². The molecule has 4 rings (SSSR count). The summed E-state index contributed by atoms with van der Waals surface area (Å²) in [6, 6.07) is 12.7. The zero-order valence-corrected chi connectivity index (χ0v) is 16.0. The number of carbonyl (C=O) groups is 3. The minimum absolute atomic E-state index is 0.0766. The normalized spacial score (nSPS) is 14.3. The van der Waals surface area contributed by atoms with E-state index in [-0.39, 0.29) is 37.5 Å². The van der Waals surface area contributed by atoms with Gasteiger partial charge in [-0.05, 0) is 49.1 Å². The molecular formula is C22H22N2O5. The van der Waals surface area contributed by atoms with E-state index in [4.69, 9.17) is 9.47 Å². The van der Waals surface area contributed by atoms with E-state index in [9.17, 15) is 14.4 Å². The molecule has 7 heteroatoms. The van der Waals surface area contributed by atoms with Crippen LogP contribution in [0.15, 0.2) is 42.5 Å². The highest BCUT2D eigenvalue weighted by atomic mass is 16.7. The summed E-state index contributed by atoms with van der Waals surface area (Å²) < 4.78 is 10.7. The van der Waals surface area contributed by atoms with E-state index >= 15 is 0 Å². The van der Waals surface area contributed by atoms with Crippen LogP contribution in [0.1, 0.15) is 45.5 Å². The van der Waals surface area contributed by atoms with Gasteiger partial charge in [-0.1, -0.05) is 18.2 Å². The van der Waals surface area contributed by atoms with Crippen LogP contribution in [0.3, 0.4) is 0 Å². The molecule has 1 N–H and O–H groups in total. The maximum Gasteiger partial charge on any atom is 0.261 e. The molecular weight excluding hydrogens is 372 g/mol. The van der Waals surface area contributed by atoms with Gasteiger partial charge in [0.05, 0.1) is 11.1 Å². The van der Waals surface area contributed by atoms with Gasteiger partial charge in [0.25, 0.3) is 11.8 Å². The van der Waals surface area contributed by atoms with Crippen molar-refractivity contribution in [3.63, 3.8) is 0 Å². The van der Waals surface area contributed by atoms with Gasteiger partial charge in [0.15, 0.2) is 11.5 Å². The highest BCUT2D eigenvalue weighted by molar-refractivity contribution is 6.21. The van der Waals surface area contributed by atoms with Gasteiger partial charge in [-0.25, -0.2) is 0 Å². The standard InChI is InChI=1S/C22H22N2O5/c25-20(23-11-3-5-15-9-10-18-19(13-15)29-14-28-18)8-4-12-24-21(26)16-6-1-2-7-17(16)22(24)27/h1-2,6-7,9-10,13H,3-5,8,11-12,14H2,(H,23,25). The van der Waals surface area contributed by atoms with E-state index in [1.165, 1.54) is 4.90 Å². The number of aryl methyl sites for hydroxylation is 1. The fourth-order valence-electron chi connectivity index (χ4n) is 3.55. The molecule has 0 aromatic heterocycles. The Morgan fingerprint density at radius 1 is 0.966 bits per heavy atom. The van der Waals surface area contributed by atoms with Gasteiger partial charge in [0.1, 0.15) is 0 Å². The van der Waals surface area contributed by atoms with Crippen LogP contribution in [0.4, 0.5) is 0 Å². The highest BCUT2D eigenvalue weighted by Gasteiger charge is 2.34. The van der Waals surface area contributed by atoms with Gasteiger partial charge < -0.3 is 14.8 Å². The Kier molecular flexibility index (Phi) is 5.46. The van der Waals surface area contributed by atoms with Gasteiger partial charge in [0, 0.05) is 19.5 Å². The highest BCUT2D eigenvalue weighted by Crippen LogP contribution is 2.32. The lowest BCUT2D eigenvalue weighted by Crippen LogP contribution is -2.32. The summed E-state index contributed by atoms with van der Waals surface area (Å²) in [7, 11) is 0. The fourth-order valence-corrected chi connectivity index (χ4v) is 3.55. The number of benzene rings is 2. The zero-order valence-electron chi connectivity index (χ0n) is 16.0. The lowest BCUT2D eigenvalue weighted by atomic mass is 10.1. The average Bonchev–Trinajstić information content (AvgIpc) is 3.29. The largest absolute Gasteiger partial charge is 0.454 e. The Hall–Kier alpha value is -3.35. The molecule has 0 saturated heterocycles. The van der Waals surface area contributed by atoms with E-state index in [1.807, 2.05) is 18.2 Å². The predicted octanol–water partition coefficient (Wildman–Crippen LogP) is 2.54. The number of rotatable bonds is 8. The number of carbonyl (C=O) groups excluding carboxylic acids is 3. The Morgan fingerprint density at radius 2 is 1.69 bits per heavy atom. The van der Waals surface area contributed by atoms with E-state index in [2.05, 4.69) is 5.32 Å². The minimum Gasteiger partial charge on any atom is -0.454 e. The molecule has 0 spiro atoms. The third kappa shape index (κ3) is 4.08. The molecule has 2 aliphatic rings. The first-order valence-corrected chi connectivity index (χ1v) is 9.74. The number of hydrogen-bond acceptors (Lipinski definition) is 5. The second kappa shape index (κ2) is 8.34. The van der Waals surface area contributed by atoms with Crippen molar-refractivity contribution in [1.82, 2.24) is 10.2 Å². The number of amides is 3. The molecule has 2 aromatic carbocycles. The van der Waals surface area contributed by atoms with E-state index in [1.54, 1.807) is 24.3 Å². The smallest absolute Gasteiger partial charge is 0.261 e. The Balaban J connectivity index is 1.15. The van der Waals surface area contributed by atoms with E-state index in [0.717, 1.165) is 29.9 Å². The third-order valence-corrected chi connectivity index (χ3v) is 5.07. The van der Waals surface area contributed by atoms with Crippen LogP contribution in [0.25, 0.3) is 0 Å². The SMILES string of the molecule is O=C(CCCN1C(=O)c2ccccc2C1=O)NCCCc1ccc2c(c1)OCO2. The monoisotopic (exact) mass is 394 g/mol. The van der Waals surface area contributed by atoms with Crippen LogP contribution in [-0.2, 0) is 11.2 Å². The molecule has 0 fully saturated rings. The summed E-state index contributed by atoms with van der Waals surface area (Å²) in [6.45, 7) is 1.08. The molecule has 7 nitrogen and oxygen atoms in total. The Morgan fingerprint density at radius 3 is 2.45 bits per heavy atom. The zero-order chi connectivity index (χ0) is 20.2. The molecule has 3 amide bonds. The first kappa shape index (κ1) is 19.0. The van der Waals surface area contributed by atoms with Crippen molar-refractivity contribution in [2.24, 2.45) is 0 Å². The summed E-state index contributed by atoms with van der Waals surface area (Å²) >= 11 is 0. The Bertz CT molecular complexity index is 921. The van der Waals surface area contributed by atoms with Crippen LogP contribution in [0, 0.1) is 0 Å². The van der Waals surface area contributed by atoms with Crippen molar-refractivity contribution in [2.45, 2.75) is 25.7 Å². The van der Waals surface area contributed by atoms with Crippen LogP contribution in [0.2, 0.25) is 0 Å². The molecule has 0 bridgehead atoms. The number of nitrogens with one attached hydrogen (secondary N) is 1. The fraction of sp³-hybridized carbons (Fsp3) is 0.318.